The standard InChI is InChI=1S/C18H19N3O/c1-22-17-10-6-5-9-15(17)13-21-16(12-20-18(21)19)11-14-7-3-2-4-8-14/h2-10,12H,11,13H2,1H3,(H2,19,20). The van der Waals surface area contributed by atoms with Gasteiger partial charge in [-0.25, -0.2) is 4.98 Å². The van der Waals surface area contributed by atoms with E-state index in [0.717, 1.165) is 23.4 Å². The van der Waals surface area contributed by atoms with Crippen LogP contribution >= 0.6 is 0 Å². The van der Waals surface area contributed by atoms with Gasteiger partial charge in [0.15, 0.2) is 0 Å². The fourth-order valence-corrected chi connectivity index (χ4v) is 2.56. The third-order valence-corrected chi connectivity index (χ3v) is 3.72. The Kier molecular flexibility index (Phi) is 4.10. The number of hydrogen-bond acceptors (Lipinski definition) is 3. The number of nitrogens with two attached hydrogens (primary N) is 1. The van der Waals surface area contributed by atoms with Crippen LogP contribution in [0, 0.1) is 0 Å². The molecule has 2 aromatic carbocycles. The summed E-state index contributed by atoms with van der Waals surface area (Å²) in [5.74, 6) is 1.39. The van der Waals surface area contributed by atoms with Gasteiger partial charge in [0.25, 0.3) is 0 Å². The van der Waals surface area contributed by atoms with Gasteiger partial charge < -0.3 is 15.0 Å². The average molecular weight is 293 g/mol. The monoisotopic (exact) mass is 293 g/mol. The van der Waals surface area contributed by atoms with E-state index in [1.165, 1.54) is 5.56 Å². The van der Waals surface area contributed by atoms with Crippen LogP contribution in [-0.2, 0) is 13.0 Å². The van der Waals surface area contributed by atoms with Crippen LogP contribution in [0.1, 0.15) is 16.8 Å². The summed E-state index contributed by atoms with van der Waals surface area (Å²) >= 11 is 0. The molecule has 1 heterocycles. The van der Waals surface area contributed by atoms with Crippen molar-refractivity contribution in [2.24, 2.45) is 0 Å². The highest BCUT2D eigenvalue weighted by molar-refractivity contribution is 5.36. The normalized spacial score (nSPS) is 10.6. The van der Waals surface area contributed by atoms with Crippen molar-refractivity contribution in [3.8, 4) is 5.75 Å². The fraction of sp³-hybridized carbons (Fsp3) is 0.167. The minimum Gasteiger partial charge on any atom is -0.496 e. The largest absolute Gasteiger partial charge is 0.496 e. The van der Waals surface area contributed by atoms with E-state index in [0.29, 0.717) is 12.5 Å². The smallest absolute Gasteiger partial charge is 0.200 e. The number of anilines is 1. The van der Waals surface area contributed by atoms with E-state index in [2.05, 4.69) is 17.1 Å². The summed E-state index contributed by atoms with van der Waals surface area (Å²) in [7, 11) is 1.68. The second kappa shape index (κ2) is 6.35. The van der Waals surface area contributed by atoms with E-state index in [9.17, 15) is 0 Å². The van der Waals surface area contributed by atoms with Crippen molar-refractivity contribution < 1.29 is 4.74 Å². The Morgan fingerprint density at radius 3 is 2.55 bits per heavy atom. The summed E-state index contributed by atoms with van der Waals surface area (Å²) in [4.78, 5) is 4.26. The number of nitrogen functional groups attached to an aromatic ring is 1. The van der Waals surface area contributed by atoms with Gasteiger partial charge in [-0.2, -0.15) is 0 Å². The highest BCUT2D eigenvalue weighted by atomic mass is 16.5. The number of aromatic nitrogens is 2. The molecule has 3 aromatic rings. The van der Waals surface area contributed by atoms with Crippen molar-refractivity contribution >= 4 is 5.95 Å². The van der Waals surface area contributed by atoms with Gasteiger partial charge in [0.1, 0.15) is 5.75 Å². The van der Waals surface area contributed by atoms with E-state index in [1.54, 1.807) is 7.11 Å². The van der Waals surface area contributed by atoms with Crippen LogP contribution in [0.4, 0.5) is 5.95 Å². The second-order valence-corrected chi connectivity index (χ2v) is 5.17. The lowest BCUT2D eigenvalue weighted by Gasteiger charge is -2.13. The molecule has 112 valence electrons. The van der Waals surface area contributed by atoms with Gasteiger partial charge in [0.05, 0.1) is 19.9 Å². The third-order valence-electron chi connectivity index (χ3n) is 3.72. The van der Waals surface area contributed by atoms with Gasteiger partial charge in [-0.05, 0) is 11.6 Å². The maximum Gasteiger partial charge on any atom is 0.200 e. The first-order chi connectivity index (χ1) is 10.8. The number of nitrogens with zero attached hydrogens (tertiary/aromatic N) is 2. The van der Waals surface area contributed by atoms with E-state index in [4.69, 9.17) is 10.5 Å². The van der Waals surface area contributed by atoms with Gasteiger partial charge in [0, 0.05) is 17.7 Å². The highest BCUT2D eigenvalue weighted by Gasteiger charge is 2.11. The Morgan fingerprint density at radius 1 is 1.05 bits per heavy atom. The molecule has 0 fully saturated rings. The van der Waals surface area contributed by atoms with Gasteiger partial charge in [-0.3, -0.25) is 0 Å². The molecule has 2 N–H and O–H groups in total. The maximum absolute atomic E-state index is 6.05. The molecule has 4 heteroatoms. The van der Waals surface area contributed by atoms with Gasteiger partial charge >= 0.3 is 0 Å². The number of hydrogen-bond donors (Lipinski definition) is 1. The summed E-state index contributed by atoms with van der Waals surface area (Å²) in [5, 5.41) is 0. The van der Waals surface area contributed by atoms with Crippen molar-refractivity contribution in [3.63, 3.8) is 0 Å². The lowest BCUT2D eigenvalue weighted by molar-refractivity contribution is 0.408. The molecule has 0 spiro atoms. The number of ether oxygens (including phenoxy) is 1. The number of benzene rings is 2. The Bertz CT molecular complexity index is 750. The number of imidazole rings is 1. The molecule has 3 rings (SSSR count). The highest BCUT2D eigenvalue weighted by Crippen LogP contribution is 2.21. The summed E-state index contributed by atoms with van der Waals surface area (Å²) in [6.45, 7) is 0.651. The van der Waals surface area contributed by atoms with Gasteiger partial charge in [-0.1, -0.05) is 48.5 Å². The van der Waals surface area contributed by atoms with Crippen LogP contribution in [0.15, 0.2) is 60.8 Å². The average Bonchev–Trinajstić information content (AvgIpc) is 2.89. The molecule has 1 aromatic heterocycles. The van der Waals surface area contributed by atoms with E-state index >= 15 is 0 Å². The number of methoxy groups -OCH3 is 1. The summed E-state index contributed by atoms with van der Waals surface area (Å²) in [6.07, 6.45) is 2.65. The van der Waals surface area contributed by atoms with Crippen LogP contribution in [0.25, 0.3) is 0 Å². The molecule has 0 unspecified atom stereocenters. The van der Waals surface area contributed by atoms with Crippen molar-refractivity contribution in [2.75, 3.05) is 12.8 Å². The fourth-order valence-electron chi connectivity index (χ4n) is 2.56. The third kappa shape index (κ3) is 2.96. The lowest BCUT2D eigenvalue weighted by Crippen LogP contribution is -2.09. The Morgan fingerprint density at radius 2 is 1.77 bits per heavy atom. The van der Waals surface area contributed by atoms with Crippen molar-refractivity contribution in [1.82, 2.24) is 9.55 Å². The molecule has 22 heavy (non-hydrogen) atoms. The molecule has 0 saturated carbocycles. The van der Waals surface area contributed by atoms with E-state index in [1.807, 2.05) is 53.2 Å². The summed E-state index contributed by atoms with van der Waals surface area (Å²) in [5.41, 5.74) is 9.46. The van der Waals surface area contributed by atoms with E-state index in [-0.39, 0.29) is 0 Å². The number of rotatable bonds is 5. The van der Waals surface area contributed by atoms with Gasteiger partial charge in [0.2, 0.25) is 5.95 Å². The summed E-state index contributed by atoms with van der Waals surface area (Å²) in [6, 6.07) is 18.3. The Balaban J connectivity index is 1.89. The minimum atomic E-state index is 0.525. The molecule has 0 aliphatic carbocycles. The molecular weight excluding hydrogens is 274 g/mol. The topological polar surface area (TPSA) is 53.1 Å². The quantitative estimate of drug-likeness (QED) is 0.786. The Hall–Kier alpha value is -2.75. The predicted octanol–water partition coefficient (Wildman–Crippen LogP) is 3.11. The molecular formula is C18H19N3O. The Labute approximate surface area is 130 Å². The van der Waals surface area contributed by atoms with Crippen LogP contribution < -0.4 is 10.5 Å². The minimum absolute atomic E-state index is 0.525. The molecule has 0 saturated heterocycles. The summed E-state index contributed by atoms with van der Waals surface area (Å²) < 4.78 is 7.45. The van der Waals surface area contributed by atoms with Gasteiger partial charge in [-0.15, -0.1) is 0 Å². The van der Waals surface area contributed by atoms with Crippen LogP contribution in [0.5, 0.6) is 5.75 Å². The van der Waals surface area contributed by atoms with Crippen molar-refractivity contribution in [2.45, 2.75) is 13.0 Å². The van der Waals surface area contributed by atoms with Crippen molar-refractivity contribution in [1.29, 1.82) is 0 Å². The van der Waals surface area contributed by atoms with Crippen molar-refractivity contribution in [3.05, 3.63) is 77.6 Å². The zero-order valence-corrected chi connectivity index (χ0v) is 12.6. The zero-order valence-electron chi connectivity index (χ0n) is 12.6. The van der Waals surface area contributed by atoms with Crippen LogP contribution in [-0.4, -0.2) is 16.7 Å². The molecule has 0 amide bonds. The van der Waals surface area contributed by atoms with E-state index < -0.39 is 0 Å². The molecule has 4 nitrogen and oxygen atoms in total. The molecule has 0 atom stereocenters. The van der Waals surface area contributed by atoms with Crippen LogP contribution in [0.2, 0.25) is 0 Å². The second-order valence-electron chi connectivity index (χ2n) is 5.17. The predicted molar refractivity (Wildman–Crippen MR) is 88.0 cm³/mol. The molecule has 0 aliphatic heterocycles. The van der Waals surface area contributed by atoms with Crippen LogP contribution in [0.3, 0.4) is 0 Å². The maximum atomic E-state index is 6.05. The number of para-hydroxylation sites is 1. The first kappa shape index (κ1) is 14.2. The zero-order chi connectivity index (χ0) is 15.4. The first-order valence-electron chi connectivity index (χ1n) is 7.23. The lowest BCUT2D eigenvalue weighted by atomic mass is 10.1. The SMILES string of the molecule is COc1ccccc1Cn1c(Cc2ccccc2)cnc1N. The molecule has 0 bridgehead atoms. The first-order valence-corrected chi connectivity index (χ1v) is 7.23. The molecule has 0 aliphatic rings. The molecule has 0 radical (unpaired) electrons.